The number of diazo groups is 1. The van der Waals surface area contributed by atoms with Gasteiger partial charge in [-0.05, 0) is 32.9 Å². The summed E-state index contributed by atoms with van der Waals surface area (Å²) in [6.45, 7) is 8.19. The van der Waals surface area contributed by atoms with Gasteiger partial charge in [-0.25, -0.2) is 0 Å². The highest BCUT2D eigenvalue weighted by atomic mass is 19.5. The molecule has 0 aliphatic carbocycles. The first kappa shape index (κ1) is 17.2. The fourth-order valence-electron chi connectivity index (χ4n) is 1.54. The fraction of sp³-hybridized carbons (Fsp3) is 0.455. The third-order valence-electron chi connectivity index (χ3n) is 2.42. The van der Waals surface area contributed by atoms with Crippen molar-refractivity contribution in [3.8, 4) is 0 Å². The van der Waals surface area contributed by atoms with E-state index in [4.69, 9.17) is 5.39 Å². The lowest BCUT2D eigenvalue weighted by atomic mass is 10.1. The zero-order valence-electron chi connectivity index (χ0n) is 11.1. The third-order valence-corrected chi connectivity index (χ3v) is 2.42. The normalized spacial score (nSPS) is 10.2. The first-order valence-electron chi connectivity index (χ1n) is 5.80. The van der Waals surface area contributed by atoms with Gasteiger partial charge in [0, 0.05) is 30.4 Å². The summed E-state index contributed by atoms with van der Waals surface area (Å²) < 4.78 is 39.0. The Hall–Kier alpha value is -1.78. The van der Waals surface area contributed by atoms with Gasteiger partial charge in [0.1, 0.15) is 0 Å². The summed E-state index contributed by atoms with van der Waals surface area (Å²) in [6.07, 6.45) is 0. The summed E-state index contributed by atoms with van der Waals surface area (Å²) in [6, 6.07) is 5.86. The van der Waals surface area contributed by atoms with Crippen molar-refractivity contribution >= 4 is 18.6 Å². The number of anilines is 1. The lowest BCUT2D eigenvalue weighted by Crippen LogP contribution is -2.21. The second kappa shape index (κ2) is 7.61. The molecule has 1 aromatic carbocycles. The van der Waals surface area contributed by atoms with Crippen molar-refractivity contribution in [3.05, 3.63) is 28.7 Å². The van der Waals surface area contributed by atoms with Crippen LogP contribution in [0.4, 0.5) is 28.6 Å². The van der Waals surface area contributed by atoms with Crippen molar-refractivity contribution in [1.29, 1.82) is 5.39 Å². The van der Waals surface area contributed by atoms with Crippen LogP contribution in [-0.4, -0.2) is 20.3 Å². The maximum Gasteiger partial charge on any atom is 0.673 e. The predicted molar refractivity (Wildman–Crippen MR) is 69.7 cm³/mol. The highest BCUT2D eigenvalue weighted by Crippen LogP contribution is 2.24. The van der Waals surface area contributed by atoms with Crippen LogP contribution in [-0.2, 0) is 0 Å². The first-order chi connectivity index (χ1) is 8.72. The van der Waals surface area contributed by atoms with Gasteiger partial charge in [0.15, 0.2) is 4.98 Å². The van der Waals surface area contributed by atoms with Gasteiger partial charge in [0.05, 0.1) is 0 Å². The van der Waals surface area contributed by atoms with Gasteiger partial charge in [-0.15, -0.1) is 0 Å². The van der Waals surface area contributed by atoms with E-state index < -0.39 is 7.25 Å². The second-order valence-electron chi connectivity index (χ2n) is 3.74. The Morgan fingerprint density at radius 3 is 1.95 bits per heavy atom. The molecule has 0 aliphatic heterocycles. The quantitative estimate of drug-likeness (QED) is 0.458. The Bertz CT molecular complexity index is 433. The second-order valence-corrected chi connectivity index (χ2v) is 3.74. The Kier molecular flexibility index (Phi) is 6.90. The molecule has 1 aromatic rings. The number of halogens is 4. The zero-order chi connectivity index (χ0) is 15.1. The van der Waals surface area contributed by atoms with E-state index in [2.05, 4.69) is 23.7 Å². The number of rotatable bonds is 3. The molecule has 8 heteroatoms. The lowest BCUT2D eigenvalue weighted by Gasteiger charge is -2.20. The molecule has 0 unspecified atom stereocenters. The maximum atomic E-state index is 9.75. The minimum Gasteiger partial charge on any atom is -0.418 e. The van der Waals surface area contributed by atoms with E-state index in [0.29, 0.717) is 5.69 Å². The van der Waals surface area contributed by atoms with Crippen LogP contribution in [0.1, 0.15) is 19.4 Å². The highest BCUT2D eigenvalue weighted by Gasteiger charge is 2.20. The predicted octanol–water partition coefficient (Wildman–Crippen LogP) is 4.63. The molecule has 0 N–H and O–H groups in total. The van der Waals surface area contributed by atoms with Crippen LogP contribution in [0.2, 0.25) is 0 Å². The molecule has 19 heavy (non-hydrogen) atoms. The van der Waals surface area contributed by atoms with E-state index in [-0.39, 0.29) is 0 Å². The molecule has 0 fully saturated rings. The topological polar surface area (TPSA) is 31.4 Å². The fourth-order valence-corrected chi connectivity index (χ4v) is 1.54. The molecule has 0 saturated carbocycles. The van der Waals surface area contributed by atoms with Crippen molar-refractivity contribution in [2.45, 2.75) is 20.8 Å². The smallest absolute Gasteiger partial charge is 0.418 e. The summed E-state index contributed by atoms with van der Waals surface area (Å²) in [5, 5.41) is 8.67. The van der Waals surface area contributed by atoms with E-state index in [1.807, 2.05) is 25.1 Å². The molecule has 0 heterocycles. The van der Waals surface area contributed by atoms with Crippen LogP contribution >= 0.6 is 0 Å². The maximum absolute atomic E-state index is 9.75. The molecule has 0 spiro atoms. The van der Waals surface area contributed by atoms with Crippen LogP contribution in [0.25, 0.3) is 4.98 Å². The minimum atomic E-state index is -6.00. The molecule has 0 saturated heterocycles. The van der Waals surface area contributed by atoms with E-state index in [0.717, 1.165) is 18.7 Å². The van der Waals surface area contributed by atoms with Crippen molar-refractivity contribution in [3.63, 3.8) is 0 Å². The van der Waals surface area contributed by atoms with Crippen molar-refractivity contribution in [2.24, 2.45) is 0 Å². The summed E-state index contributed by atoms with van der Waals surface area (Å²) in [7, 11) is -6.00. The van der Waals surface area contributed by atoms with E-state index in [1.54, 1.807) is 0 Å². The van der Waals surface area contributed by atoms with E-state index in [9.17, 15) is 17.3 Å². The van der Waals surface area contributed by atoms with Gasteiger partial charge >= 0.3 is 12.9 Å². The van der Waals surface area contributed by atoms with Crippen molar-refractivity contribution in [2.75, 3.05) is 18.0 Å². The Labute approximate surface area is 109 Å². The van der Waals surface area contributed by atoms with Gasteiger partial charge in [0.25, 0.3) is 0 Å². The standard InChI is InChI=1S/C11H16N3.BF4/c1-4-14(5-2)10-6-7-11(13-12)9(3)8-10;2-1(3,4)5/h6-8H,4-5H2,1-3H3;/q+1;-1. The molecule has 3 nitrogen and oxygen atoms in total. The molecule has 0 amide bonds. The number of hydrogen-bond acceptors (Lipinski definition) is 2. The van der Waals surface area contributed by atoms with Gasteiger partial charge < -0.3 is 22.2 Å². The Morgan fingerprint density at radius 2 is 1.63 bits per heavy atom. The average molecular weight is 277 g/mol. The summed E-state index contributed by atoms with van der Waals surface area (Å²) in [5.41, 5.74) is 2.82. The van der Waals surface area contributed by atoms with Crippen molar-refractivity contribution in [1.82, 2.24) is 0 Å². The molecular formula is C11H16BF4N3. The molecule has 1 rings (SSSR count). The van der Waals surface area contributed by atoms with Gasteiger partial charge in [0.2, 0.25) is 5.39 Å². The molecule has 0 aliphatic rings. The van der Waals surface area contributed by atoms with E-state index >= 15 is 0 Å². The molecule has 0 aromatic heterocycles. The van der Waals surface area contributed by atoms with Gasteiger partial charge in [-0.3, -0.25) is 0 Å². The zero-order valence-corrected chi connectivity index (χ0v) is 11.1. The monoisotopic (exact) mass is 277 g/mol. The molecule has 106 valence electrons. The SMILES string of the molecule is CCN(CC)c1ccc([N+]#N)c(C)c1.F[B-](F)(F)F. The van der Waals surface area contributed by atoms with Crippen LogP contribution in [0.3, 0.4) is 0 Å². The molecule has 0 radical (unpaired) electrons. The molecular weight excluding hydrogens is 261 g/mol. The lowest BCUT2D eigenvalue weighted by molar-refractivity contribution is 0.368. The van der Waals surface area contributed by atoms with Crippen LogP contribution in [0.5, 0.6) is 0 Å². The Morgan fingerprint density at radius 1 is 1.16 bits per heavy atom. The molecule has 0 bridgehead atoms. The van der Waals surface area contributed by atoms with Gasteiger partial charge in [-0.2, -0.15) is 0 Å². The van der Waals surface area contributed by atoms with Crippen LogP contribution in [0, 0.1) is 12.3 Å². The highest BCUT2D eigenvalue weighted by molar-refractivity contribution is 6.50. The average Bonchev–Trinajstić information content (AvgIpc) is 2.29. The Balaban J connectivity index is 0.000000555. The summed E-state index contributed by atoms with van der Waals surface area (Å²) >= 11 is 0. The number of aryl methyl sites for hydroxylation is 1. The number of nitrogens with zero attached hydrogens (tertiary/aromatic N) is 3. The van der Waals surface area contributed by atoms with Crippen molar-refractivity contribution < 1.29 is 17.3 Å². The first-order valence-corrected chi connectivity index (χ1v) is 5.80. The van der Waals surface area contributed by atoms with Crippen LogP contribution in [0.15, 0.2) is 18.2 Å². The summed E-state index contributed by atoms with van der Waals surface area (Å²) in [5.74, 6) is 0. The van der Waals surface area contributed by atoms with E-state index in [1.165, 1.54) is 5.69 Å². The van der Waals surface area contributed by atoms with Gasteiger partial charge in [-0.1, -0.05) is 0 Å². The largest absolute Gasteiger partial charge is 0.673 e. The third kappa shape index (κ3) is 7.29. The minimum absolute atomic E-state index is 0.640. The number of hydrogen-bond donors (Lipinski definition) is 0. The number of benzene rings is 1. The summed E-state index contributed by atoms with van der Waals surface area (Å²) in [4.78, 5) is 5.46. The van der Waals surface area contributed by atoms with Crippen LogP contribution < -0.4 is 4.90 Å². The molecule has 0 atom stereocenters.